The summed E-state index contributed by atoms with van der Waals surface area (Å²) in [7, 11) is 1.08. The van der Waals surface area contributed by atoms with Crippen LogP contribution in [0.1, 0.15) is 6.92 Å². The van der Waals surface area contributed by atoms with E-state index >= 15 is 0 Å². The SMILES string of the molecule is CO[C@@]1(OC2O[C@H](COC(C)=O)C(O)[C@H](O)C2O)OC(CO)[C@@H](O)C1O. The molecule has 26 heavy (non-hydrogen) atoms. The van der Waals surface area contributed by atoms with Crippen LogP contribution in [0.2, 0.25) is 0 Å². The van der Waals surface area contributed by atoms with E-state index in [4.69, 9.17) is 23.7 Å². The van der Waals surface area contributed by atoms with Crippen LogP contribution in [-0.4, -0.2) is 112 Å². The molecule has 9 atom stereocenters. The fourth-order valence-corrected chi connectivity index (χ4v) is 2.74. The summed E-state index contributed by atoms with van der Waals surface area (Å²) in [6, 6.07) is 0. The lowest BCUT2D eigenvalue weighted by Crippen LogP contribution is -2.62. The predicted molar refractivity (Wildman–Crippen MR) is 78.1 cm³/mol. The standard InChI is InChI=1S/C14H24O12/c1-5(16)23-4-7-8(17)10(19)11(20)13(24-7)26-14(22-2)12(21)9(18)6(3-15)25-14/h6-13,15,17-21H,3-4H2,1-2H3/t6?,7-,8?,9-,10+,11?,12?,13?,14-/m1/s1. The van der Waals surface area contributed by atoms with Crippen molar-refractivity contribution in [1.82, 2.24) is 0 Å². The van der Waals surface area contributed by atoms with Crippen LogP contribution >= 0.6 is 0 Å². The van der Waals surface area contributed by atoms with Crippen molar-refractivity contribution >= 4 is 5.97 Å². The highest BCUT2D eigenvalue weighted by molar-refractivity contribution is 5.65. The molecule has 2 aliphatic rings. The van der Waals surface area contributed by atoms with Gasteiger partial charge in [-0.1, -0.05) is 0 Å². The third-order valence-corrected chi connectivity index (χ3v) is 4.25. The number of carbonyl (C=O) groups is 1. The van der Waals surface area contributed by atoms with E-state index in [-0.39, 0.29) is 0 Å². The summed E-state index contributed by atoms with van der Waals surface area (Å²) in [4.78, 5) is 10.9. The maximum atomic E-state index is 10.9. The Hall–Kier alpha value is -0.930. The highest BCUT2D eigenvalue weighted by atomic mass is 16.9. The molecule has 0 spiro atoms. The normalized spacial score (nSPS) is 46.3. The molecule has 12 heteroatoms. The smallest absolute Gasteiger partial charge is 0.315 e. The van der Waals surface area contributed by atoms with Gasteiger partial charge >= 0.3 is 11.9 Å². The first kappa shape index (κ1) is 21.4. The van der Waals surface area contributed by atoms with E-state index in [2.05, 4.69) is 0 Å². The molecule has 0 bridgehead atoms. The fourth-order valence-electron chi connectivity index (χ4n) is 2.74. The molecule has 0 saturated carbocycles. The third-order valence-electron chi connectivity index (χ3n) is 4.25. The van der Waals surface area contributed by atoms with Crippen LogP contribution in [0.25, 0.3) is 0 Å². The monoisotopic (exact) mass is 384 g/mol. The topological polar surface area (TPSA) is 185 Å². The first-order valence-electron chi connectivity index (χ1n) is 7.87. The number of aliphatic hydroxyl groups is 6. The molecule has 2 rings (SSSR count). The number of carbonyl (C=O) groups excluding carboxylic acids is 1. The largest absolute Gasteiger partial charge is 0.463 e. The third kappa shape index (κ3) is 3.99. The van der Waals surface area contributed by atoms with Gasteiger partial charge in [-0.25, -0.2) is 0 Å². The number of hydrogen-bond donors (Lipinski definition) is 6. The number of ether oxygens (including phenoxy) is 5. The van der Waals surface area contributed by atoms with Crippen LogP contribution in [0.4, 0.5) is 0 Å². The van der Waals surface area contributed by atoms with Crippen molar-refractivity contribution in [2.75, 3.05) is 20.3 Å². The quantitative estimate of drug-likeness (QED) is 0.192. The summed E-state index contributed by atoms with van der Waals surface area (Å²) in [6.07, 6.45) is -12.6. The summed E-state index contributed by atoms with van der Waals surface area (Å²) in [5.41, 5.74) is 0. The summed E-state index contributed by atoms with van der Waals surface area (Å²) >= 11 is 0. The zero-order valence-corrected chi connectivity index (χ0v) is 14.2. The van der Waals surface area contributed by atoms with E-state index in [0.717, 1.165) is 14.0 Å². The Morgan fingerprint density at radius 2 is 1.69 bits per heavy atom. The van der Waals surface area contributed by atoms with Gasteiger partial charge in [-0.3, -0.25) is 9.53 Å². The summed E-state index contributed by atoms with van der Waals surface area (Å²) in [5.74, 6) is -2.97. The molecule has 5 unspecified atom stereocenters. The van der Waals surface area contributed by atoms with Gasteiger partial charge in [-0.15, -0.1) is 0 Å². The van der Waals surface area contributed by atoms with Crippen molar-refractivity contribution in [2.45, 2.75) is 61.9 Å². The average Bonchev–Trinajstić information content (AvgIpc) is 2.86. The molecule has 0 radical (unpaired) electrons. The Bertz CT molecular complexity index is 489. The molecule has 2 saturated heterocycles. The maximum absolute atomic E-state index is 10.9. The van der Waals surface area contributed by atoms with E-state index in [1.165, 1.54) is 0 Å². The second-order valence-electron chi connectivity index (χ2n) is 6.02. The molecule has 0 amide bonds. The molecule has 0 aromatic heterocycles. The number of hydrogen-bond acceptors (Lipinski definition) is 12. The highest BCUT2D eigenvalue weighted by Gasteiger charge is 2.59. The Morgan fingerprint density at radius 1 is 1.04 bits per heavy atom. The lowest BCUT2D eigenvalue weighted by atomic mass is 9.99. The van der Waals surface area contributed by atoms with Gasteiger partial charge in [0.1, 0.15) is 43.2 Å². The zero-order valence-electron chi connectivity index (χ0n) is 14.2. The van der Waals surface area contributed by atoms with Crippen molar-refractivity contribution in [3.05, 3.63) is 0 Å². The zero-order chi connectivity index (χ0) is 19.6. The van der Waals surface area contributed by atoms with Gasteiger partial charge < -0.3 is 49.6 Å². The summed E-state index contributed by atoms with van der Waals surface area (Å²) < 4.78 is 25.5. The lowest BCUT2D eigenvalue weighted by Gasteiger charge is -2.43. The molecule has 152 valence electrons. The van der Waals surface area contributed by atoms with E-state index < -0.39 is 74.2 Å². The number of methoxy groups -OCH3 is 1. The van der Waals surface area contributed by atoms with Crippen molar-refractivity contribution < 1.29 is 59.1 Å². The number of aliphatic hydroxyl groups excluding tert-OH is 6. The molecule has 2 aliphatic heterocycles. The molecule has 0 aliphatic carbocycles. The van der Waals surface area contributed by atoms with Gasteiger partial charge in [-0.05, 0) is 0 Å². The van der Waals surface area contributed by atoms with E-state index in [9.17, 15) is 35.4 Å². The molecular weight excluding hydrogens is 360 g/mol. The van der Waals surface area contributed by atoms with Crippen molar-refractivity contribution in [1.29, 1.82) is 0 Å². The summed E-state index contributed by atoms with van der Waals surface area (Å²) in [6.45, 7) is 0.0378. The molecule has 2 fully saturated rings. The van der Waals surface area contributed by atoms with Crippen LogP contribution in [0.5, 0.6) is 0 Å². The number of rotatable bonds is 6. The average molecular weight is 384 g/mol. The molecule has 0 aromatic carbocycles. The first-order valence-corrected chi connectivity index (χ1v) is 7.87. The lowest BCUT2D eigenvalue weighted by molar-refractivity contribution is -0.448. The van der Waals surface area contributed by atoms with Crippen LogP contribution in [0, 0.1) is 0 Å². The van der Waals surface area contributed by atoms with Gasteiger partial charge in [0.2, 0.25) is 0 Å². The van der Waals surface area contributed by atoms with Gasteiger partial charge in [0.05, 0.1) is 6.61 Å². The minimum Gasteiger partial charge on any atom is -0.463 e. The molecule has 2 heterocycles. The second-order valence-corrected chi connectivity index (χ2v) is 6.02. The predicted octanol–water partition coefficient (Wildman–Crippen LogP) is -4.21. The molecule has 12 nitrogen and oxygen atoms in total. The molecule has 6 N–H and O–H groups in total. The van der Waals surface area contributed by atoms with Crippen LogP contribution in [-0.2, 0) is 28.5 Å². The van der Waals surface area contributed by atoms with Gasteiger partial charge in [0.25, 0.3) is 0 Å². The Kier molecular flexibility index (Phi) is 6.90. The Morgan fingerprint density at radius 3 is 2.19 bits per heavy atom. The van der Waals surface area contributed by atoms with Crippen molar-refractivity contribution in [2.24, 2.45) is 0 Å². The van der Waals surface area contributed by atoms with Crippen LogP contribution in [0.15, 0.2) is 0 Å². The van der Waals surface area contributed by atoms with Gasteiger partial charge in [0.15, 0.2) is 12.4 Å². The Labute approximate surface area is 148 Å². The van der Waals surface area contributed by atoms with Crippen LogP contribution < -0.4 is 0 Å². The molecule has 0 aromatic rings. The van der Waals surface area contributed by atoms with E-state index in [1.807, 2.05) is 0 Å². The van der Waals surface area contributed by atoms with Crippen molar-refractivity contribution in [3.8, 4) is 0 Å². The second kappa shape index (κ2) is 8.39. The van der Waals surface area contributed by atoms with Crippen LogP contribution in [0.3, 0.4) is 0 Å². The van der Waals surface area contributed by atoms with E-state index in [1.54, 1.807) is 0 Å². The highest BCUT2D eigenvalue weighted by Crippen LogP contribution is 2.36. The Balaban J connectivity index is 2.16. The van der Waals surface area contributed by atoms with E-state index in [0.29, 0.717) is 0 Å². The molecular formula is C14H24O12. The summed E-state index contributed by atoms with van der Waals surface area (Å²) in [5, 5.41) is 59.1. The first-order chi connectivity index (χ1) is 12.2. The van der Waals surface area contributed by atoms with Crippen molar-refractivity contribution in [3.63, 3.8) is 0 Å². The maximum Gasteiger partial charge on any atom is 0.315 e. The minimum atomic E-state index is -2.31. The van der Waals surface area contributed by atoms with Gasteiger partial charge in [0, 0.05) is 14.0 Å². The fraction of sp³-hybridized carbons (Fsp3) is 0.929. The number of esters is 1. The minimum absolute atomic E-state index is 0.439. The van der Waals surface area contributed by atoms with Gasteiger partial charge in [-0.2, -0.15) is 0 Å².